The van der Waals surface area contributed by atoms with E-state index in [1.165, 1.54) is 5.57 Å². The lowest BCUT2D eigenvalue weighted by molar-refractivity contribution is 0.0473. The number of carbonyl (C=O) groups is 1. The summed E-state index contributed by atoms with van der Waals surface area (Å²) >= 11 is 0. The summed E-state index contributed by atoms with van der Waals surface area (Å²) in [7, 11) is 3.79. The molecular formula is C29H31NO3. The van der Waals surface area contributed by atoms with E-state index in [1.807, 2.05) is 30.3 Å². The molecule has 0 aromatic heterocycles. The van der Waals surface area contributed by atoms with Gasteiger partial charge in [-0.3, -0.25) is 0 Å². The van der Waals surface area contributed by atoms with Crippen LogP contribution in [0.2, 0.25) is 0 Å². The standard InChI is InChI=1S/C29H31NO3/c1-19-12-15-26(32-6)23(16-19)22-13-14-25-27(20(2)17-29(3,4)30(25)5)24(22)18-33-28(31)21-10-8-7-9-11-21/h7-17H,18H2,1-6H3. The zero-order chi connectivity index (χ0) is 23.8. The summed E-state index contributed by atoms with van der Waals surface area (Å²) in [5.41, 5.74) is 7.97. The molecule has 170 valence electrons. The minimum atomic E-state index is -0.332. The van der Waals surface area contributed by atoms with Crippen LogP contribution in [0.4, 0.5) is 5.69 Å². The Bertz CT molecular complexity index is 1230. The molecule has 33 heavy (non-hydrogen) atoms. The first-order valence-corrected chi connectivity index (χ1v) is 11.2. The predicted molar refractivity (Wildman–Crippen MR) is 135 cm³/mol. The number of benzene rings is 3. The Morgan fingerprint density at radius 3 is 2.39 bits per heavy atom. The average molecular weight is 442 g/mol. The molecule has 1 heterocycles. The maximum atomic E-state index is 12.8. The number of hydrogen-bond acceptors (Lipinski definition) is 4. The quantitative estimate of drug-likeness (QED) is 0.415. The average Bonchev–Trinajstić information content (AvgIpc) is 2.80. The summed E-state index contributed by atoms with van der Waals surface area (Å²) in [5.74, 6) is 0.462. The molecule has 1 aliphatic rings. The molecule has 3 aromatic rings. The number of rotatable bonds is 5. The fourth-order valence-corrected chi connectivity index (χ4v) is 4.59. The van der Waals surface area contributed by atoms with Crippen molar-refractivity contribution >= 4 is 17.2 Å². The highest BCUT2D eigenvalue weighted by Gasteiger charge is 2.31. The van der Waals surface area contributed by atoms with Crippen LogP contribution in [-0.2, 0) is 11.3 Å². The lowest BCUT2D eigenvalue weighted by Gasteiger charge is -2.41. The van der Waals surface area contributed by atoms with Crippen molar-refractivity contribution in [1.29, 1.82) is 0 Å². The molecule has 0 bridgehead atoms. The van der Waals surface area contributed by atoms with E-state index in [0.29, 0.717) is 5.56 Å². The Hall–Kier alpha value is -3.53. The molecule has 0 radical (unpaired) electrons. The van der Waals surface area contributed by atoms with E-state index in [2.05, 4.69) is 63.9 Å². The van der Waals surface area contributed by atoms with Crippen LogP contribution in [-0.4, -0.2) is 25.7 Å². The SMILES string of the molecule is COc1ccc(C)cc1-c1ccc2c(c1COC(=O)c1ccccc1)C(C)=CC(C)(C)N2C. The summed E-state index contributed by atoms with van der Waals surface area (Å²) in [5, 5.41) is 0. The molecule has 0 fully saturated rings. The Labute approximate surface area is 196 Å². The van der Waals surface area contributed by atoms with Crippen LogP contribution < -0.4 is 9.64 Å². The maximum absolute atomic E-state index is 12.8. The molecule has 1 aliphatic heterocycles. The molecule has 0 spiro atoms. The number of ether oxygens (including phenoxy) is 2. The summed E-state index contributed by atoms with van der Waals surface area (Å²) in [6, 6.07) is 19.5. The Balaban J connectivity index is 1.87. The number of fused-ring (bicyclic) bond motifs is 1. The third kappa shape index (κ3) is 4.25. The monoisotopic (exact) mass is 441 g/mol. The molecular weight excluding hydrogens is 410 g/mol. The van der Waals surface area contributed by atoms with Crippen molar-refractivity contribution in [3.63, 3.8) is 0 Å². The van der Waals surface area contributed by atoms with Gasteiger partial charge in [-0.1, -0.05) is 42.0 Å². The Kier molecular flexibility index (Phi) is 6.03. The fourth-order valence-electron chi connectivity index (χ4n) is 4.59. The van der Waals surface area contributed by atoms with Crippen LogP contribution in [0.3, 0.4) is 0 Å². The Morgan fingerprint density at radius 2 is 1.70 bits per heavy atom. The van der Waals surface area contributed by atoms with E-state index in [9.17, 15) is 4.79 Å². The number of aryl methyl sites for hydroxylation is 1. The largest absolute Gasteiger partial charge is 0.496 e. The topological polar surface area (TPSA) is 38.8 Å². The molecule has 0 aliphatic carbocycles. The van der Waals surface area contributed by atoms with Gasteiger partial charge in [-0.05, 0) is 69.2 Å². The number of nitrogens with zero attached hydrogens (tertiary/aromatic N) is 1. The number of methoxy groups -OCH3 is 1. The van der Waals surface area contributed by atoms with Crippen molar-refractivity contribution in [3.8, 4) is 16.9 Å². The zero-order valence-electron chi connectivity index (χ0n) is 20.2. The molecule has 4 heteroatoms. The van der Waals surface area contributed by atoms with Crippen LogP contribution in [0.5, 0.6) is 5.75 Å². The smallest absolute Gasteiger partial charge is 0.338 e. The molecule has 0 N–H and O–H groups in total. The van der Waals surface area contributed by atoms with E-state index < -0.39 is 0 Å². The van der Waals surface area contributed by atoms with Gasteiger partial charge in [0.15, 0.2) is 0 Å². The lowest BCUT2D eigenvalue weighted by Crippen LogP contribution is -2.42. The van der Waals surface area contributed by atoms with Gasteiger partial charge in [0.2, 0.25) is 0 Å². The van der Waals surface area contributed by atoms with Crippen LogP contribution >= 0.6 is 0 Å². The fraction of sp³-hybridized carbons (Fsp3) is 0.276. The first-order chi connectivity index (χ1) is 15.7. The van der Waals surface area contributed by atoms with Crippen molar-refractivity contribution < 1.29 is 14.3 Å². The number of likely N-dealkylation sites (N-methyl/N-ethyl adjacent to an activating group) is 1. The van der Waals surface area contributed by atoms with Gasteiger partial charge in [-0.2, -0.15) is 0 Å². The van der Waals surface area contributed by atoms with Gasteiger partial charge >= 0.3 is 5.97 Å². The van der Waals surface area contributed by atoms with Gasteiger partial charge in [0.1, 0.15) is 12.4 Å². The molecule has 0 unspecified atom stereocenters. The molecule has 3 aromatic carbocycles. The molecule has 4 rings (SSSR count). The van der Waals surface area contributed by atoms with Crippen molar-refractivity contribution in [1.82, 2.24) is 0 Å². The van der Waals surface area contributed by atoms with Crippen LogP contribution in [0.1, 0.15) is 47.8 Å². The van der Waals surface area contributed by atoms with Crippen molar-refractivity contribution in [2.24, 2.45) is 0 Å². The lowest BCUT2D eigenvalue weighted by atomic mass is 9.84. The van der Waals surface area contributed by atoms with E-state index >= 15 is 0 Å². The number of allylic oxidation sites excluding steroid dienone is 1. The van der Waals surface area contributed by atoms with E-state index in [4.69, 9.17) is 9.47 Å². The van der Waals surface area contributed by atoms with Gasteiger partial charge < -0.3 is 14.4 Å². The predicted octanol–water partition coefficient (Wildman–Crippen LogP) is 6.66. The van der Waals surface area contributed by atoms with Gasteiger partial charge in [0.25, 0.3) is 0 Å². The molecule has 0 saturated heterocycles. The molecule has 4 nitrogen and oxygen atoms in total. The summed E-state index contributed by atoms with van der Waals surface area (Å²) in [4.78, 5) is 15.1. The molecule has 0 amide bonds. The normalized spacial score (nSPS) is 14.4. The molecule has 0 atom stereocenters. The van der Waals surface area contributed by atoms with Gasteiger partial charge in [0, 0.05) is 29.4 Å². The van der Waals surface area contributed by atoms with Gasteiger partial charge in [0.05, 0.1) is 18.2 Å². The second-order valence-electron chi connectivity index (χ2n) is 9.17. The first-order valence-electron chi connectivity index (χ1n) is 11.2. The van der Waals surface area contributed by atoms with E-state index in [0.717, 1.165) is 39.3 Å². The first kappa shape index (κ1) is 22.7. The summed E-state index contributed by atoms with van der Waals surface area (Å²) in [6.45, 7) is 8.77. The highest BCUT2D eigenvalue weighted by molar-refractivity contribution is 5.91. The summed E-state index contributed by atoms with van der Waals surface area (Å²) < 4.78 is 11.6. The van der Waals surface area contributed by atoms with Crippen LogP contribution in [0, 0.1) is 6.92 Å². The highest BCUT2D eigenvalue weighted by atomic mass is 16.5. The second-order valence-corrected chi connectivity index (χ2v) is 9.17. The van der Waals surface area contributed by atoms with Crippen molar-refractivity contribution in [3.05, 3.63) is 89.0 Å². The minimum absolute atomic E-state index is 0.113. The number of carbonyl (C=O) groups excluding carboxylic acids is 1. The number of anilines is 1. The van der Waals surface area contributed by atoms with Crippen molar-refractivity contribution in [2.75, 3.05) is 19.1 Å². The third-order valence-corrected chi connectivity index (χ3v) is 6.48. The number of esters is 1. The summed E-state index contributed by atoms with van der Waals surface area (Å²) in [6.07, 6.45) is 2.27. The van der Waals surface area contributed by atoms with Crippen molar-refractivity contribution in [2.45, 2.75) is 39.8 Å². The maximum Gasteiger partial charge on any atom is 0.338 e. The van der Waals surface area contributed by atoms with Crippen LogP contribution in [0.25, 0.3) is 16.7 Å². The van der Waals surface area contributed by atoms with E-state index in [1.54, 1.807) is 19.2 Å². The third-order valence-electron chi connectivity index (χ3n) is 6.48. The zero-order valence-corrected chi connectivity index (χ0v) is 20.2. The van der Waals surface area contributed by atoms with Gasteiger partial charge in [-0.25, -0.2) is 4.79 Å². The number of hydrogen-bond donors (Lipinski definition) is 0. The highest BCUT2D eigenvalue weighted by Crippen LogP contribution is 2.45. The Morgan fingerprint density at radius 1 is 0.970 bits per heavy atom. The molecule has 0 saturated carbocycles. The van der Waals surface area contributed by atoms with E-state index in [-0.39, 0.29) is 18.1 Å². The van der Waals surface area contributed by atoms with Crippen LogP contribution in [0.15, 0.2) is 66.7 Å². The second kappa shape index (κ2) is 8.78. The van der Waals surface area contributed by atoms with Gasteiger partial charge in [-0.15, -0.1) is 0 Å². The minimum Gasteiger partial charge on any atom is -0.496 e.